The van der Waals surface area contributed by atoms with Gasteiger partial charge in [-0.2, -0.15) is 17.5 Å². The summed E-state index contributed by atoms with van der Waals surface area (Å²) >= 11 is 0. The molecule has 2 aromatic rings. The van der Waals surface area contributed by atoms with E-state index in [0.29, 0.717) is 44.7 Å². The lowest BCUT2D eigenvalue weighted by atomic mass is 10.0. The maximum atomic E-state index is 12.8. The fraction of sp³-hybridized carbons (Fsp3) is 0.680. The van der Waals surface area contributed by atoms with Crippen molar-refractivity contribution >= 4 is 21.9 Å². The molecule has 2 fully saturated rings. The number of esters is 1. The second-order valence-electron chi connectivity index (χ2n) is 10.6. The molecule has 0 amide bonds. The lowest BCUT2D eigenvalue weighted by molar-refractivity contribution is -0.152. The molecule has 4 rings (SSSR count). The fourth-order valence-corrected chi connectivity index (χ4v) is 6.59. The number of nitrogens with one attached hydrogen (secondary N) is 1. The zero-order valence-corrected chi connectivity index (χ0v) is 22.9. The van der Waals surface area contributed by atoms with E-state index in [2.05, 4.69) is 20.3 Å². The first-order valence-electron chi connectivity index (χ1n) is 13.2. The van der Waals surface area contributed by atoms with Gasteiger partial charge in [-0.05, 0) is 55.9 Å². The summed E-state index contributed by atoms with van der Waals surface area (Å²) in [7, 11) is -1.88. The number of sulfonamides is 1. The van der Waals surface area contributed by atoms with Crippen LogP contribution in [0.3, 0.4) is 0 Å². The molecule has 1 saturated carbocycles. The van der Waals surface area contributed by atoms with Gasteiger partial charge in [-0.1, -0.05) is 6.92 Å². The Bertz CT molecular complexity index is 1210. The van der Waals surface area contributed by atoms with Gasteiger partial charge in [0.2, 0.25) is 5.95 Å². The van der Waals surface area contributed by atoms with Crippen molar-refractivity contribution in [2.45, 2.75) is 87.6 Å². The van der Waals surface area contributed by atoms with Crippen molar-refractivity contribution in [3.05, 3.63) is 30.5 Å². The highest BCUT2D eigenvalue weighted by Crippen LogP contribution is 2.36. The van der Waals surface area contributed by atoms with E-state index >= 15 is 0 Å². The third-order valence-corrected chi connectivity index (χ3v) is 9.10. The lowest BCUT2D eigenvalue weighted by Crippen LogP contribution is -2.42. The first-order chi connectivity index (χ1) is 18.4. The number of ether oxygens (including phenoxy) is 1. The molecule has 0 radical (unpaired) electrons. The van der Waals surface area contributed by atoms with E-state index in [1.165, 1.54) is 23.8 Å². The number of alkyl halides is 3. The van der Waals surface area contributed by atoms with Crippen LogP contribution in [0, 0.1) is 5.92 Å². The molecule has 0 spiro atoms. The van der Waals surface area contributed by atoms with Crippen molar-refractivity contribution < 1.29 is 31.1 Å². The summed E-state index contributed by atoms with van der Waals surface area (Å²) < 4.78 is 71.4. The number of rotatable bonds is 10. The fourth-order valence-electron chi connectivity index (χ4n) is 5.16. The summed E-state index contributed by atoms with van der Waals surface area (Å²) in [4.78, 5) is 25.0. The number of carbonyl (C=O) groups is 1. The van der Waals surface area contributed by atoms with Crippen LogP contribution in [0.25, 0.3) is 0 Å². The van der Waals surface area contributed by atoms with Crippen LogP contribution in [0.2, 0.25) is 0 Å². The minimum atomic E-state index is -4.23. The zero-order valence-electron chi connectivity index (χ0n) is 22.1. The van der Waals surface area contributed by atoms with Crippen LogP contribution in [0.5, 0.6) is 0 Å². The molecular formula is C25H35F3N6O4S. The molecule has 1 saturated heterocycles. The van der Waals surface area contributed by atoms with E-state index < -0.39 is 34.5 Å². The molecule has 1 N–H and O–H groups in total. The van der Waals surface area contributed by atoms with Crippen LogP contribution in [0.1, 0.15) is 69.8 Å². The maximum Gasteiger partial charge on any atom is 0.389 e. The van der Waals surface area contributed by atoms with Crippen molar-refractivity contribution in [2.24, 2.45) is 13.0 Å². The predicted octanol–water partition coefficient (Wildman–Crippen LogP) is 4.02. The molecule has 1 aliphatic heterocycles. The number of hydrogen-bond donors (Lipinski definition) is 1. The van der Waals surface area contributed by atoms with Gasteiger partial charge < -0.3 is 14.6 Å². The van der Waals surface area contributed by atoms with Crippen LogP contribution in [-0.4, -0.2) is 69.6 Å². The minimum absolute atomic E-state index is 0.0180. The molecule has 0 unspecified atom stereocenters. The quantitative estimate of drug-likeness (QED) is 0.424. The Morgan fingerprint density at radius 1 is 1.15 bits per heavy atom. The van der Waals surface area contributed by atoms with Crippen LogP contribution in [0.15, 0.2) is 29.9 Å². The van der Waals surface area contributed by atoms with Gasteiger partial charge in [-0.3, -0.25) is 4.79 Å². The molecule has 10 nitrogen and oxygen atoms in total. The highest BCUT2D eigenvalue weighted by Gasteiger charge is 2.33. The van der Waals surface area contributed by atoms with Gasteiger partial charge in [0, 0.05) is 57.6 Å². The number of anilines is 1. The minimum Gasteiger partial charge on any atom is -0.462 e. The van der Waals surface area contributed by atoms with Crippen molar-refractivity contribution in [3.8, 4) is 0 Å². The molecular weight excluding hydrogens is 537 g/mol. The number of imidazole rings is 1. The average molecular weight is 573 g/mol. The normalized spacial score (nSPS) is 22.1. The third kappa shape index (κ3) is 8.13. The van der Waals surface area contributed by atoms with E-state index in [9.17, 15) is 26.4 Å². The third-order valence-electron chi connectivity index (χ3n) is 7.32. The highest BCUT2D eigenvalue weighted by atomic mass is 32.2. The summed E-state index contributed by atoms with van der Waals surface area (Å²) in [5.74, 6) is -0.463. The van der Waals surface area contributed by atoms with Gasteiger partial charge >= 0.3 is 12.1 Å². The van der Waals surface area contributed by atoms with E-state index in [4.69, 9.17) is 4.74 Å². The summed E-state index contributed by atoms with van der Waals surface area (Å²) in [5.41, 5.74) is 0.939. The lowest BCUT2D eigenvalue weighted by Gasteiger charge is -2.31. The Balaban J connectivity index is 1.19. The van der Waals surface area contributed by atoms with Gasteiger partial charge in [0.1, 0.15) is 6.10 Å². The number of aromatic nitrogens is 4. The topological polar surface area (TPSA) is 119 Å². The zero-order chi connectivity index (χ0) is 28.2. The molecule has 3 heterocycles. The van der Waals surface area contributed by atoms with Gasteiger partial charge in [-0.15, -0.1) is 0 Å². The van der Waals surface area contributed by atoms with Crippen LogP contribution in [-0.2, 0) is 26.6 Å². The van der Waals surface area contributed by atoms with E-state index in [1.54, 1.807) is 24.0 Å². The number of hydrogen-bond acceptors (Lipinski definition) is 8. The summed E-state index contributed by atoms with van der Waals surface area (Å²) in [6.45, 7) is 2.23. The van der Waals surface area contributed by atoms with Crippen molar-refractivity contribution in [2.75, 3.05) is 18.4 Å². The largest absolute Gasteiger partial charge is 0.462 e. The van der Waals surface area contributed by atoms with Gasteiger partial charge in [0.05, 0.1) is 6.33 Å². The van der Waals surface area contributed by atoms with Gasteiger partial charge in [0.15, 0.2) is 5.03 Å². The Morgan fingerprint density at radius 3 is 2.46 bits per heavy atom. The number of halogens is 3. The molecule has 2 aliphatic rings. The second kappa shape index (κ2) is 12.2. The molecule has 1 aliphatic carbocycles. The van der Waals surface area contributed by atoms with Crippen LogP contribution >= 0.6 is 0 Å². The van der Waals surface area contributed by atoms with E-state index in [1.807, 2.05) is 0 Å². The Morgan fingerprint density at radius 2 is 1.85 bits per heavy atom. The Labute approximate surface area is 226 Å². The standard InChI is InChI=1S/C25H35F3N6O4S/c1-17(12-25(26,27)28)3-6-23(35)38-21-5-4-18(11-21)19-13-29-24(30-14-19)32-20-7-9-34(10-8-20)39(36,37)22-15-33(2)16-31-22/h13-18,20-21H,3-12H2,1-2H3,(H,29,30,32)/t17-,18-,21+/m1/s1. The van der Waals surface area contributed by atoms with Crippen LogP contribution in [0.4, 0.5) is 19.1 Å². The molecule has 14 heteroatoms. The Hall–Kier alpha value is -2.74. The number of nitrogens with zero attached hydrogens (tertiary/aromatic N) is 5. The molecule has 3 atom stereocenters. The van der Waals surface area contributed by atoms with E-state index in [0.717, 1.165) is 12.0 Å². The SMILES string of the molecule is C[C@H](CCC(=O)O[C@H]1CC[C@@H](c2cnc(NC3CCN(S(=O)(=O)c4cn(C)cn4)CC3)nc2)C1)CC(F)(F)F. The smallest absolute Gasteiger partial charge is 0.389 e. The number of aryl methyl sites for hydroxylation is 1. The van der Waals surface area contributed by atoms with Gasteiger partial charge in [0.25, 0.3) is 10.0 Å². The summed E-state index contributed by atoms with van der Waals surface area (Å²) in [6.07, 6.45) is 4.57. The van der Waals surface area contributed by atoms with Crippen LogP contribution < -0.4 is 5.32 Å². The number of carbonyl (C=O) groups excluding carboxylic acids is 1. The first kappa shape index (κ1) is 29.2. The highest BCUT2D eigenvalue weighted by molar-refractivity contribution is 7.89. The Kier molecular flexibility index (Phi) is 9.14. The molecule has 39 heavy (non-hydrogen) atoms. The van der Waals surface area contributed by atoms with Crippen molar-refractivity contribution in [1.29, 1.82) is 0 Å². The second-order valence-corrected chi connectivity index (χ2v) is 12.5. The molecule has 2 aromatic heterocycles. The van der Waals surface area contributed by atoms with Crippen molar-refractivity contribution in [3.63, 3.8) is 0 Å². The van der Waals surface area contributed by atoms with E-state index in [-0.39, 0.29) is 35.9 Å². The number of piperidine rings is 1. The summed E-state index contributed by atoms with van der Waals surface area (Å²) in [6, 6.07) is 0.0418. The predicted molar refractivity (Wildman–Crippen MR) is 136 cm³/mol. The summed E-state index contributed by atoms with van der Waals surface area (Å²) in [5, 5.41) is 3.33. The monoisotopic (exact) mass is 572 g/mol. The van der Waals surface area contributed by atoms with Gasteiger partial charge in [-0.25, -0.2) is 23.4 Å². The first-order valence-corrected chi connectivity index (χ1v) is 14.7. The average Bonchev–Trinajstić information content (AvgIpc) is 3.52. The molecule has 216 valence electrons. The maximum absolute atomic E-state index is 12.8. The molecule has 0 bridgehead atoms. The van der Waals surface area contributed by atoms with Crippen molar-refractivity contribution in [1.82, 2.24) is 23.8 Å². The molecule has 0 aromatic carbocycles.